The number of hydrogen-bond acceptors (Lipinski definition) is 6. The zero-order valence-electron chi connectivity index (χ0n) is 15.0. The standard InChI is InChI=1S/C18H13ClF2N4O5/c19-12-9-11(5-6-15(12)30-18(20)21)22-17(26)13-7-8-24(23-13)10-29-16-4-2-1-3-14(16)25(27)28/h1-9,18H,10H2,(H,22,26). The average molecular weight is 439 g/mol. The first kappa shape index (κ1) is 21.0. The summed E-state index contributed by atoms with van der Waals surface area (Å²) in [5, 5.41) is 17.4. The molecule has 156 valence electrons. The lowest BCUT2D eigenvalue weighted by Gasteiger charge is -2.09. The van der Waals surface area contributed by atoms with Crippen molar-refractivity contribution in [2.75, 3.05) is 5.32 Å². The van der Waals surface area contributed by atoms with E-state index in [4.69, 9.17) is 16.3 Å². The average Bonchev–Trinajstić information content (AvgIpc) is 3.17. The number of nitrogens with one attached hydrogen (secondary N) is 1. The highest BCUT2D eigenvalue weighted by molar-refractivity contribution is 6.32. The third-order valence-electron chi connectivity index (χ3n) is 3.69. The fourth-order valence-corrected chi connectivity index (χ4v) is 2.61. The number of carbonyl (C=O) groups excluding carboxylic acids is 1. The summed E-state index contributed by atoms with van der Waals surface area (Å²) in [5.74, 6) is -0.746. The maximum atomic E-state index is 12.3. The van der Waals surface area contributed by atoms with E-state index in [0.29, 0.717) is 0 Å². The Morgan fingerprint density at radius 2 is 2.00 bits per heavy atom. The number of rotatable bonds is 8. The van der Waals surface area contributed by atoms with Crippen LogP contribution in [-0.4, -0.2) is 27.2 Å². The summed E-state index contributed by atoms with van der Waals surface area (Å²) < 4.78 is 35.4. The molecule has 0 saturated heterocycles. The van der Waals surface area contributed by atoms with Crippen LogP contribution in [0.25, 0.3) is 0 Å². The van der Waals surface area contributed by atoms with Crippen molar-refractivity contribution < 1.29 is 28.0 Å². The summed E-state index contributed by atoms with van der Waals surface area (Å²) in [7, 11) is 0. The van der Waals surface area contributed by atoms with Crippen LogP contribution in [-0.2, 0) is 6.73 Å². The van der Waals surface area contributed by atoms with Crippen molar-refractivity contribution in [3.63, 3.8) is 0 Å². The topological polar surface area (TPSA) is 109 Å². The van der Waals surface area contributed by atoms with E-state index in [1.165, 1.54) is 53.3 Å². The Morgan fingerprint density at radius 1 is 1.23 bits per heavy atom. The first-order valence-corrected chi connectivity index (χ1v) is 8.66. The van der Waals surface area contributed by atoms with Gasteiger partial charge >= 0.3 is 12.3 Å². The number of benzene rings is 2. The SMILES string of the molecule is O=C(Nc1ccc(OC(F)F)c(Cl)c1)c1ccn(COc2ccccc2[N+](=O)[O-])n1. The lowest BCUT2D eigenvalue weighted by molar-refractivity contribution is -0.386. The molecule has 0 spiro atoms. The molecule has 0 fully saturated rings. The summed E-state index contributed by atoms with van der Waals surface area (Å²) in [6.45, 7) is -3.18. The zero-order chi connectivity index (χ0) is 21.7. The van der Waals surface area contributed by atoms with E-state index in [1.54, 1.807) is 6.07 Å². The summed E-state index contributed by atoms with van der Waals surface area (Å²) in [4.78, 5) is 22.7. The lowest BCUT2D eigenvalue weighted by atomic mass is 10.3. The Kier molecular flexibility index (Phi) is 6.42. The number of nitro benzene ring substituents is 1. The van der Waals surface area contributed by atoms with Gasteiger partial charge in [0, 0.05) is 18.0 Å². The molecule has 1 amide bonds. The maximum Gasteiger partial charge on any atom is 0.387 e. The number of nitrogens with zero attached hydrogens (tertiary/aromatic N) is 3. The molecule has 1 aromatic heterocycles. The molecule has 9 nitrogen and oxygen atoms in total. The van der Waals surface area contributed by atoms with E-state index >= 15 is 0 Å². The van der Waals surface area contributed by atoms with Gasteiger partial charge in [0.15, 0.2) is 18.2 Å². The second-order valence-corrected chi connectivity index (χ2v) is 6.12. The van der Waals surface area contributed by atoms with Gasteiger partial charge < -0.3 is 14.8 Å². The van der Waals surface area contributed by atoms with Gasteiger partial charge in [-0.3, -0.25) is 14.9 Å². The molecule has 30 heavy (non-hydrogen) atoms. The fraction of sp³-hybridized carbons (Fsp3) is 0.111. The summed E-state index contributed by atoms with van der Waals surface area (Å²) in [5.41, 5.74) is 0.0845. The van der Waals surface area contributed by atoms with Gasteiger partial charge in [-0.1, -0.05) is 23.7 Å². The van der Waals surface area contributed by atoms with Crippen LogP contribution in [0.5, 0.6) is 11.5 Å². The first-order chi connectivity index (χ1) is 14.3. The Morgan fingerprint density at radius 3 is 2.70 bits per heavy atom. The van der Waals surface area contributed by atoms with Crippen LogP contribution in [0.15, 0.2) is 54.7 Å². The largest absolute Gasteiger partial charge is 0.464 e. The number of amides is 1. The number of nitro groups is 1. The second-order valence-electron chi connectivity index (χ2n) is 5.72. The van der Waals surface area contributed by atoms with Crippen LogP contribution in [0.2, 0.25) is 5.02 Å². The van der Waals surface area contributed by atoms with E-state index in [-0.39, 0.29) is 40.3 Å². The number of halogens is 3. The smallest absolute Gasteiger partial charge is 0.387 e. The van der Waals surface area contributed by atoms with Gasteiger partial charge in [0.05, 0.1) is 9.95 Å². The van der Waals surface area contributed by atoms with Gasteiger partial charge in [-0.15, -0.1) is 0 Å². The molecule has 0 aliphatic rings. The summed E-state index contributed by atoms with van der Waals surface area (Å²) in [6, 6.07) is 11.1. The van der Waals surface area contributed by atoms with E-state index < -0.39 is 17.4 Å². The number of para-hydroxylation sites is 2. The molecule has 2 aromatic carbocycles. The summed E-state index contributed by atoms with van der Waals surface area (Å²) in [6.07, 6.45) is 1.45. The highest BCUT2D eigenvalue weighted by Crippen LogP contribution is 2.29. The Balaban J connectivity index is 1.63. The van der Waals surface area contributed by atoms with Gasteiger partial charge in [-0.05, 0) is 30.3 Å². The van der Waals surface area contributed by atoms with E-state index in [1.807, 2.05) is 0 Å². The fourth-order valence-electron chi connectivity index (χ4n) is 2.39. The van der Waals surface area contributed by atoms with E-state index in [9.17, 15) is 23.7 Å². The van der Waals surface area contributed by atoms with Crippen molar-refractivity contribution in [3.8, 4) is 11.5 Å². The maximum absolute atomic E-state index is 12.3. The van der Waals surface area contributed by atoms with Gasteiger partial charge in [-0.25, -0.2) is 4.68 Å². The monoisotopic (exact) mass is 438 g/mol. The first-order valence-electron chi connectivity index (χ1n) is 8.29. The van der Waals surface area contributed by atoms with Crippen molar-refractivity contribution in [1.82, 2.24) is 9.78 Å². The van der Waals surface area contributed by atoms with Gasteiger partial charge in [0.2, 0.25) is 0 Å². The van der Waals surface area contributed by atoms with E-state index in [0.717, 1.165) is 0 Å². The Hall–Kier alpha value is -3.73. The van der Waals surface area contributed by atoms with Gasteiger partial charge in [0.25, 0.3) is 5.91 Å². The zero-order valence-corrected chi connectivity index (χ0v) is 15.8. The number of hydrogen-bond donors (Lipinski definition) is 1. The third-order valence-corrected chi connectivity index (χ3v) is 3.99. The third kappa shape index (κ3) is 5.20. The Labute approximate surface area is 172 Å². The highest BCUT2D eigenvalue weighted by atomic mass is 35.5. The number of ether oxygens (including phenoxy) is 2. The highest BCUT2D eigenvalue weighted by Gasteiger charge is 2.15. The van der Waals surface area contributed by atoms with Crippen LogP contribution in [0.3, 0.4) is 0 Å². The minimum Gasteiger partial charge on any atom is -0.464 e. The molecule has 0 bridgehead atoms. The van der Waals surface area contributed by atoms with Crippen molar-refractivity contribution >= 4 is 28.9 Å². The lowest BCUT2D eigenvalue weighted by Crippen LogP contribution is -2.14. The van der Waals surface area contributed by atoms with Crippen molar-refractivity contribution in [1.29, 1.82) is 0 Å². The van der Waals surface area contributed by atoms with Gasteiger partial charge in [-0.2, -0.15) is 13.9 Å². The number of aromatic nitrogens is 2. The van der Waals surface area contributed by atoms with Crippen LogP contribution < -0.4 is 14.8 Å². The Bertz CT molecular complexity index is 1080. The van der Waals surface area contributed by atoms with E-state index in [2.05, 4.69) is 15.2 Å². The molecule has 0 saturated carbocycles. The molecule has 1 heterocycles. The molecular weight excluding hydrogens is 426 g/mol. The molecule has 0 atom stereocenters. The molecular formula is C18H13ClF2N4O5. The summed E-state index contributed by atoms with van der Waals surface area (Å²) >= 11 is 5.85. The van der Waals surface area contributed by atoms with Crippen molar-refractivity contribution in [3.05, 3.63) is 75.6 Å². The molecule has 0 aliphatic heterocycles. The minimum atomic E-state index is -3.02. The minimum absolute atomic E-state index is 0.0326. The molecule has 12 heteroatoms. The molecule has 1 N–H and O–H groups in total. The van der Waals surface area contributed by atoms with Crippen LogP contribution >= 0.6 is 11.6 Å². The molecule has 0 unspecified atom stereocenters. The van der Waals surface area contributed by atoms with Crippen LogP contribution in [0.4, 0.5) is 20.2 Å². The normalized spacial score (nSPS) is 10.7. The quantitative estimate of drug-likeness (QED) is 0.414. The second kappa shape index (κ2) is 9.18. The molecule has 0 aliphatic carbocycles. The number of anilines is 1. The predicted molar refractivity (Wildman–Crippen MR) is 102 cm³/mol. The van der Waals surface area contributed by atoms with Crippen molar-refractivity contribution in [2.45, 2.75) is 13.3 Å². The number of carbonyl (C=O) groups is 1. The van der Waals surface area contributed by atoms with Crippen LogP contribution in [0, 0.1) is 10.1 Å². The predicted octanol–water partition coefficient (Wildman–Crippen LogP) is 4.33. The molecule has 3 aromatic rings. The molecule has 0 radical (unpaired) electrons. The van der Waals surface area contributed by atoms with Crippen LogP contribution in [0.1, 0.15) is 10.5 Å². The number of alkyl halides is 2. The van der Waals surface area contributed by atoms with Crippen molar-refractivity contribution in [2.24, 2.45) is 0 Å². The molecule has 3 rings (SSSR count). The van der Waals surface area contributed by atoms with Gasteiger partial charge in [0.1, 0.15) is 5.75 Å².